The summed E-state index contributed by atoms with van der Waals surface area (Å²) in [6.07, 6.45) is -2.64. The minimum Gasteiger partial charge on any atom is -0.351 e. The zero-order valence-corrected chi connectivity index (χ0v) is 5.20. The van der Waals surface area contributed by atoms with Crippen LogP contribution in [0.4, 0.5) is 14.4 Å². The van der Waals surface area contributed by atoms with Crippen molar-refractivity contribution >= 4 is 18.2 Å². The van der Waals surface area contributed by atoms with E-state index in [0.717, 1.165) is 0 Å². The third-order valence-corrected chi connectivity index (χ3v) is 0.425. The fourth-order valence-electron chi connectivity index (χ4n) is 0.200. The van der Waals surface area contributed by atoms with Crippen LogP contribution in [-0.2, 0) is 9.78 Å². The highest BCUT2D eigenvalue weighted by atomic mass is 17.2. The van der Waals surface area contributed by atoms with E-state index in [-0.39, 0.29) is 0 Å². The average Bonchev–Trinajstić information content (AvgIpc) is 1.82. The lowest BCUT2D eigenvalue weighted by Crippen LogP contribution is -2.36. The highest BCUT2D eigenvalue weighted by molar-refractivity contribution is 5.89. The van der Waals surface area contributed by atoms with Crippen LogP contribution in [0.5, 0.6) is 0 Å². The summed E-state index contributed by atoms with van der Waals surface area (Å²) in [5.41, 5.74) is 8.87. The van der Waals surface area contributed by atoms with Crippen molar-refractivity contribution in [3.8, 4) is 0 Å². The highest BCUT2D eigenvalue weighted by Crippen LogP contribution is 1.78. The number of urea groups is 1. The van der Waals surface area contributed by atoms with Gasteiger partial charge < -0.3 is 11.5 Å². The minimum atomic E-state index is -1.32. The number of carbonyl (C=O) groups excluding carboxylic acids is 3. The van der Waals surface area contributed by atoms with E-state index in [0.29, 0.717) is 0 Å². The van der Waals surface area contributed by atoms with Crippen molar-refractivity contribution in [2.45, 2.75) is 0 Å². The van der Waals surface area contributed by atoms with E-state index in [9.17, 15) is 14.4 Å². The Morgan fingerprint density at radius 3 is 2.00 bits per heavy atom. The van der Waals surface area contributed by atoms with Crippen LogP contribution in [0.2, 0.25) is 0 Å². The van der Waals surface area contributed by atoms with Crippen molar-refractivity contribution in [3.05, 3.63) is 0 Å². The summed E-state index contributed by atoms with van der Waals surface area (Å²) < 4.78 is 0. The van der Waals surface area contributed by atoms with E-state index in [1.165, 1.54) is 5.32 Å². The number of hydrogen-bond acceptors (Lipinski definition) is 5. The monoisotopic (exact) mass is 163 g/mol. The van der Waals surface area contributed by atoms with Gasteiger partial charge in [-0.25, -0.2) is 29.5 Å². The first-order chi connectivity index (χ1) is 5.02. The van der Waals surface area contributed by atoms with E-state index >= 15 is 0 Å². The molecule has 62 valence electrons. The van der Waals surface area contributed by atoms with Gasteiger partial charge in [-0.3, -0.25) is 0 Å². The molecule has 8 nitrogen and oxygen atoms in total. The van der Waals surface area contributed by atoms with Crippen molar-refractivity contribution in [2.75, 3.05) is 0 Å². The maximum absolute atomic E-state index is 10.2. The third-order valence-electron chi connectivity index (χ3n) is 0.425. The summed E-state index contributed by atoms with van der Waals surface area (Å²) in [5.74, 6) is 0. The van der Waals surface area contributed by atoms with E-state index < -0.39 is 18.2 Å². The molecule has 0 aromatic heterocycles. The van der Waals surface area contributed by atoms with Crippen LogP contribution in [0.3, 0.4) is 0 Å². The van der Waals surface area contributed by atoms with Gasteiger partial charge >= 0.3 is 18.2 Å². The quantitative estimate of drug-likeness (QED) is 0.304. The molecule has 4 amide bonds. The van der Waals surface area contributed by atoms with E-state index in [1.54, 1.807) is 0 Å². The molecule has 0 heterocycles. The van der Waals surface area contributed by atoms with Crippen LogP contribution in [0.15, 0.2) is 0 Å². The standard InChI is InChI=1S/C3H5N3O5/c4-1(7)6-3(9)11-10-2(5)8/h(H2,5,8)(H3,4,6,7,9). The molecule has 0 aliphatic rings. The molecule has 0 saturated heterocycles. The number of nitrogens with two attached hydrogens (primary N) is 2. The largest absolute Gasteiger partial charge is 0.458 e. The molecule has 8 heteroatoms. The molecule has 0 bridgehead atoms. The summed E-state index contributed by atoms with van der Waals surface area (Å²) in [6, 6.07) is -1.14. The van der Waals surface area contributed by atoms with Gasteiger partial charge in [-0.2, -0.15) is 0 Å². The second kappa shape index (κ2) is 3.93. The summed E-state index contributed by atoms with van der Waals surface area (Å²) >= 11 is 0. The molecular formula is C3H5N3O5. The van der Waals surface area contributed by atoms with Gasteiger partial charge in [-0.1, -0.05) is 0 Å². The van der Waals surface area contributed by atoms with E-state index in [4.69, 9.17) is 0 Å². The van der Waals surface area contributed by atoms with Crippen molar-refractivity contribution < 1.29 is 24.2 Å². The fourth-order valence-corrected chi connectivity index (χ4v) is 0.200. The first-order valence-electron chi connectivity index (χ1n) is 2.26. The van der Waals surface area contributed by atoms with Gasteiger partial charge in [0.05, 0.1) is 0 Å². The molecule has 5 N–H and O–H groups in total. The zero-order chi connectivity index (χ0) is 8.85. The molecule has 0 fully saturated rings. The number of primary amides is 2. The normalized spacial score (nSPS) is 8.00. The molecule has 0 rings (SSSR count). The predicted octanol–water partition coefficient (Wildman–Crippen LogP) is -1.20. The van der Waals surface area contributed by atoms with Crippen LogP contribution in [0.25, 0.3) is 0 Å². The second-order valence-corrected chi connectivity index (χ2v) is 1.26. The number of rotatable bonds is 0. The molecule has 0 aromatic rings. The molecule has 0 aliphatic carbocycles. The Bertz CT molecular complexity index is 189. The molecule has 0 spiro atoms. The highest BCUT2D eigenvalue weighted by Gasteiger charge is 2.07. The Labute approximate surface area is 60.3 Å². The summed E-state index contributed by atoms with van der Waals surface area (Å²) in [7, 11) is 0. The van der Waals surface area contributed by atoms with Crippen molar-refractivity contribution in [1.29, 1.82) is 0 Å². The van der Waals surface area contributed by atoms with Crippen molar-refractivity contribution in [1.82, 2.24) is 5.32 Å². The SMILES string of the molecule is NC(=O)NC(=O)OOC(N)=O. The average molecular weight is 163 g/mol. The van der Waals surface area contributed by atoms with Gasteiger partial charge in [0.15, 0.2) is 0 Å². The molecule has 0 aliphatic heterocycles. The van der Waals surface area contributed by atoms with E-state index in [1.807, 2.05) is 0 Å². The maximum Gasteiger partial charge on any atom is 0.458 e. The number of nitrogens with one attached hydrogen (secondary N) is 1. The van der Waals surface area contributed by atoms with Crippen LogP contribution in [0, 0.1) is 0 Å². The lowest BCUT2D eigenvalue weighted by molar-refractivity contribution is -0.174. The van der Waals surface area contributed by atoms with Crippen LogP contribution >= 0.6 is 0 Å². The van der Waals surface area contributed by atoms with Crippen LogP contribution < -0.4 is 16.8 Å². The Hall–Kier alpha value is -1.99. The molecule has 0 aromatic carbocycles. The predicted molar refractivity (Wildman–Crippen MR) is 29.9 cm³/mol. The lowest BCUT2D eigenvalue weighted by atomic mass is 11.0. The molecule has 0 atom stereocenters. The number of amides is 4. The topological polar surface area (TPSA) is 134 Å². The zero-order valence-electron chi connectivity index (χ0n) is 5.20. The van der Waals surface area contributed by atoms with E-state index in [2.05, 4.69) is 21.2 Å². The first kappa shape index (κ1) is 9.01. The molecule has 0 unspecified atom stereocenters. The van der Waals surface area contributed by atoms with Gasteiger partial charge in [0.25, 0.3) is 0 Å². The molecule has 0 radical (unpaired) electrons. The Kier molecular flexibility index (Phi) is 3.22. The summed E-state index contributed by atoms with van der Waals surface area (Å²) in [4.78, 5) is 37.0. The second-order valence-electron chi connectivity index (χ2n) is 1.26. The Morgan fingerprint density at radius 1 is 1.09 bits per heavy atom. The Morgan fingerprint density at radius 2 is 1.64 bits per heavy atom. The number of carbonyl (C=O) groups is 3. The van der Waals surface area contributed by atoms with Crippen LogP contribution in [0.1, 0.15) is 0 Å². The number of hydrogen-bond donors (Lipinski definition) is 3. The molecule has 11 heavy (non-hydrogen) atoms. The third kappa shape index (κ3) is 5.89. The van der Waals surface area contributed by atoms with Crippen molar-refractivity contribution in [2.24, 2.45) is 11.5 Å². The van der Waals surface area contributed by atoms with Gasteiger partial charge in [0, 0.05) is 0 Å². The smallest absolute Gasteiger partial charge is 0.351 e. The van der Waals surface area contributed by atoms with Gasteiger partial charge in [-0.15, -0.1) is 0 Å². The minimum absolute atomic E-state index is 1.14. The van der Waals surface area contributed by atoms with Gasteiger partial charge in [0.1, 0.15) is 0 Å². The summed E-state index contributed by atoms with van der Waals surface area (Å²) in [6.45, 7) is 0. The van der Waals surface area contributed by atoms with Gasteiger partial charge in [0.2, 0.25) is 0 Å². The number of imide groups is 1. The van der Waals surface area contributed by atoms with Crippen molar-refractivity contribution in [3.63, 3.8) is 0 Å². The Balaban J connectivity index is 3.53. The maximum atomic E-state index is 10.2. The van der Waals surface area contributed by atoms with Gasteiger partial charge in [-0.05, 0) is 0 Å². The summed E-state index contributed by atoms with van der Waals surface area (Å²) in [5, 5.41) is 1.44. The molecule has 0 saturated carbocycles. The van der Waals surface area contributed by atoms with Crippen LogP contribution in [-0.4, -0.2) is 18.2 Å². The lowest BCUT2D eigenvalue weighted by Gasteiger charge is -1.98. The fraction of sp³-hybridized carbons (Fsp3) is 0. The first-order valence-corrected chi connectivity index (χ1v) is 2.26. The molecular weight excluding hydrogens is 158 g/mol.